The summed E-state index contributed by atoms with van der Waals surface area (Å²) < 4.78 is 0. The predicted molar refractivity (Wildman–Crippen MR) is 95.0 cm³/mol. The van der Waals surface area contributed by atoms with Gasteiger partial charge in [-0.1, -0.05) is 18.2 Å². The maximum Gasteiger partial charge on any atom is 0.229 e. The monoisotopic (exact) mass is 339 g/mol. The smallest absolute Gasteiger partial charge is 0.229 e. The van der Waals surface area contributed by atoms with Gasteiger partial charge in [0.25, 0.3) is 0 Å². The van der Waals surface area contributed by atoms with Crippen LogP contribution in [0.1, 0.15) is 24.8 Å². The molecule has 122 valence electrons. The Labute approximate surface area is 143 Å². The van der Waals surface area contributed by atoms with E-state index in [1.165, 1.54) is 11.3 Å². The largest absolute Gasteiger partial charge is 0.326 e. The number of carbonyl (C=O) groups is 2. The van der Waals surface area contributed by atoms with Crippen LogP contribution in [0, 0.1) is 5.92 Å². The molecule has 1 aliphatic heterocycles. The Morgan fingerprint density at radius 2 is 2.25 bits per heavy atom. The minimum atomic E-state index is 0.0231. The molecule has 1 unspecified atom stereocenters. The van der Waals surface area contributed by atoms with Crippen LogP contribution >= 0.6 is 11.3 Å². The number of nitrogens with zero attached hydrogens (tertiary/aromatic N) is 1. The Morgan fingerprint density at radius 3 is 3.08 bits per heavy atom. The lowest BCUT2D eigenvalue weighted by Crippen LogP contribution is -2.23. The number of thiazole rings is 1. The van der Waals surface area contributed by atoms with Crippen LogP contribution in [0.25, 0.3) is 11.3 Å². The molecule has 1 aromatic carbocycles. The van der Waals surface area contributed by atoms with Gasteiger partial charge in [-0.3, -0.25) is 9.59 Å². The number of fused-ring (bicyclic) bond motifs is 1. The zero-order chi connectivity index (χ0) is 16.5. The van der Waals surface area contributed by atoms with E-state index in [1.807, 2.05) is 23.6 Å². The molecule has 2 heterocycles. The van der Waals surface area contributed by atoms with Crippen LogP contribution in [0.5, 0.6) is 0 Å². The van der Waals surface area contributed by atoms with Crippen LogP contribution in [0.15, 0.2) is 35.7 Å². The van der Waals surface area contributed by atoms with Crippen molar-refractivity contribution in [3.8, 4) is 11.3 Å². The third kappa shape index (κ3) is 2.97. The summed E-state index contributed by atoms with van der Waals surface area (Å²) in [4.78, 5) is 28.2. The maximum absolute atomic E-state index is 12.3. The van der Waals surface area contributed by atoms with E-state index >= 15 is 0 Å². The van der Waals surface area contributed by atoms with E-state index in [-0.39, 0.29) is 17.7 Å². The topological polar surface area (TPSA) is 71.1 Å². The number of anilines is 2. The highest BCUT2D eigenvalue weighted by atomic mass is 32.1. The fourth-order valence-corrected chi connectivity index (χ4v) is 3.81. The second-order valence-electron chi connectivity index (χ2n) is 6.11. The molecule has 4 rings (SSSR count). The van der Waals surface area contributed by atoms with Gasteiger partial charge in [0.1, 0.15) is 0 Å². The molecule has 6 heteroatoms. The van der Waals surface area contributed by atoms with Gasteiger partial charge in [0.05, 0.1) is 12.1 Å². The number of hydrogen-bond donors (Lipinski definition) is 2. The molecule has 24 heavy (non-hydrogen) atoms. The zero-order valence-electron chi connectivity index (χ0n) is 13.0. The normalized spacial score (nSPS) is 19.0. The highest BCUT2D eigenvalue weighted by Crippen LogP contribution is 2.31. The van der Waals surface area contributed by atoms with E-state index in [2.05, 4.69) is 27.8 Å². The number of benzene rings is 1. The van der Waals surface area contributed by atoms with E-state index in [0.29, 0.717) is 11.6 Å². The summed E-state index contributed by atoms with van der Waals surface area (Å²) in [6, 6.07) is 5.83. The van der Waals surface area contributed by atoms with E-state index in [0.717, 1.165) is 41.8 Å². The Bertz CT molecular complexity index is 841. The van der Waals surface area contributed by atoms with Crippen LogP contribution in [-0.2, 0) is 16.0 Å². The third-order valence-corrected chi connectivity index (χ3v) is 5.16. The first-order chi connectivity index (χ1) is 11.7. The van der Waals surface area contributed by atoms with Gasteiger partial charge in [0, 0.05) is 22.5 Å². The summed E-state index contributed by atoms with van der Waals surface area (Å²) >= 11 is 1.43. The first kappa shape index (κ1) is 15.1. The van der Waals surface area contributed by atoms with Gasteiger partial charge in [-0.15, -0.1) is 11.3 Å². The predicted octanol–water partition coefficient (Wildman–Crippen LogP) is 3.60. The molecule has 2 aliphatic rings. The van der Waals surface area contributed by atoms with Gasteiger partial charge in [0.2, 0.25) is 11.8 Å². The Balaban J connectivity index is 1.49. The number of rotatable bonds is 3. The minimum absolute atomic E-state index is 0.0231. The van der Waals surface area contributed by atoms with Crippen LogP contribution in [0.3, 0.4) is 0 Å². The van der Waals surface area contributed by atoms with Crippen molar-refractivity contribution in [3.05, 3.63) is 41.3 Å². The average Bonchev–Trinajstić information content (AvgIpc) is 3.20. The molecule has 2 amide bonds. The zero-order valence-corrected chi connectivity index (χ0v) is 13.9. The summed E-state index contributed by atoms with van der Waals surface area (Å²) in [6.07, 6.45) is 7.26. The summed E-state index contributed by atoms with van der Waals surface area (Å²) in [5.41, 5.74) is 3.64. The van der Waals surface area contributed by atoms with Crippen molar-refractivity contribution >= 4 is 34.0 Å². The van der Waals surface area contributed by atoms with E-state index < -0.39 is 0 Å². The summed E-state index contributed by atoms with van der Waals surface area (Å²) in [5.74, 6) is 0.110. The van der Waals surface area contributed by atoms with Crippen molar-refractivity contribution < 1.29 is 9.59 Å². The highest BCUT2D eigenvalue weighted by molar-refractivity contribution is 7.14. The van der Waals surface area contributed by atoms with Crippen molar-refractivity contribution in [1.29, 1.82) is 0 Å². The van der Waals surface area contributed by atoms with Crippen molar-refractivity contribution in [1.82, 2.24) is 4.98 Å². The van der Waals surface area contributed by atoms with Gasteiger partial charge < -0.3 is 10.6 Å². The molecule has 1 aromatic heterocycles. The lowest BCUT2D eigenvalue weighted by Gasteiger charge is -2.15. The van der Waals surface area contributed by atoms with Crippen molar-refractivity contribution in [3.63, 3.8) is 0 Å². The molecule has 5 nitrogen and oxygen atoms in total. The lowest BCUT2D eigenvalue weighted by molar-refractivity contribution is -0.120. The van der Waals surface area contributed by atoms with Crippen LogP contribution in [0.4, 0.5) is 10.8 Å². The molecule has 0 saturated carbocycles. The van der Waals surface area contributed by atoms with Gasteiger partial charge in [-0.2, -0.15) is 0 Å². The number of amides is 2. The Hall–Kier alpha value is -2.47. The first-order valence-electron chi connectivity index (χ1n) is 8.03. The third-order valence-electron chi connectivity index (χ3n) is 4.40. The van der Waals surface area contributed by atoms with Crippen molar-refractivity contribution in [2.45, 2.75) is 25.7 Å². The molecule has 0 radical (unpaired) electrons. The Morgan fingerprint density at radius 1 is 1.33 bits per heavy atom. The Kier molecular flexibility index (Phi) is 3.90. The number of hydrogen-bond acceptors (Lipinski definition) is 4. The van der Waals surface area contributed by atoms with Gasteiger partial charge in [0.15, 0.2) is 5.13 Å². The summed E-state index contributed by atoms with van der Waals surface area (Å²) in [7, 11) is 0. The number of aromatic nitrogens is 1. The molecule has 2 aromatic rings. The van der Waals surface area contributed by atoms with Crippen LogP contribution in [-0.4, -0.2) is 16.8 Å². The molecule has 0 spiro atoms. The molecule has 1 atom stereocenters. The van der Waals surface area contributed by atoms with E-state index in [4.69, 9.17) is 0 Å². The fourth-order valence-electron chi connectivity index (χ4n) is 3.09. The van der Waals surface area contributed by atoms with E-state index in [9.17, 15) is 9.59 Å². The maximum atomic E-state index is 12.3. The molecule has 0 bridgehead atoms. The molecular formula is C18H17N3O2S. The SMILES string of the molecule is O=C1Cc2cc(-c3csc(NC(=O)C4CC=CCC4)n3)ccc2N1. The van der Waals surface area contributed by atoms with Crippen LogP contribution in [0.2, 0.25) is 0 Å². The highest BCUT2D eigenvalue weighted by Gasteiger charge is 2.21. The first-order valence-corrected chi connectivity index (χ1v) is 8.91. The van der Waals surface area contributed by atoms with E-state index in [1.54, 1.807) is 0 Å². The molecular weight excluding hydrogens is 322 g/mol. The summed E-state index contributed by atoms with van der Waals surface area (Å²) in [5, 5.41) is 8.31. The summed E-state index contributed by atoms with van der Waals surface area (Å²) in [6.45, 7) is 0. The number of nitrogens with one attached hydrogen (secondary N) is 2. The van der Waals surface area contributed by atoms with Crippen LogP contribution < -0.4 is 10.6 Å². The molecule has 0 fully saturated rings. The average molecular weight is 339 g/mol. The molecule has 1 aliphatic carbocycles. The second-order valence-corrected chi connectivity index (χ2v) is 6.96. The van der Waals surface area contributed by atoms with Gasteiger partial charge >= 0.3 is 0 Å². The van der Waals surface area contributed by atoms with Gasteiger partial charge in [-0.25, -0.2) is 4.98 Å². The standard InChI is InChI=1S/C18H17N3O2S/c22-16-9-13-8-12(6-7-14(13)19-16)15-10-24-18(20-15)21-17(23)11-4-2-1-3-5-11/h1-2,6-8,10-11H,3-5,9H2,(H,19,22)(H,20,21,23). The molecule has 2 N–H and O–H groups in total. The number of allylic oxidation sites excluding steroid dienone is 2. The molecule has 0 saturated heterocycles. The van der Waals surface area contributed by atoms with Crippen molar-refractivity contribution in [2.24, 2.45) is 5.92 Å². The second kappa shape index (κ2) is 6.20. The minimum Gasteiger partial charge on any atom is -0.326 e. The lowest BCUT2D eigenvalue weighted by atomic mass is 9.94. The number of carbonyl (C=O) groups excluding carboxylic acids is 2. The fraction of sp³-hybridized carbons (Fsp3) is 0.278. The van der Waals surface area contributed by atoms with Crippen molar-refractivity contribution in [2.75, 3.05) is 10.6 Å². The quantitative estimate of drug-likeness (QED) is 0.839. The van der Waals surface area contributed by atoms with Gasteiger partial charge in [-0.05, 0) is 37.0 Å².